The lowest BCUT2D eigenvalue weighted by atomic mass is 9.96. The van der Waals surface area contributed by atoms with E-state index in [1.807, 2.05) is 26.0 Å². The first-order valence-corrected chi connectivity index (χ1v) is 13.7. The van der Waals surface area contributed by atoms with E-state index in [1.54, 1.807) is 24.4 Å². The van der Waals surface area contributed by atoms with E-state index in [4.69, 9.17) is 10.5 Å². The molecule has 202 valence electrons. The molecule has 0 unspecified atom stereocenters. The number of ketones is 1. The Labute approximate surface area is 223 Å². The van der Waals surface area contributed by atoms with E-state index in [9.17, 15) is 14.4 Å². The lowest BCUT2D eigenvalue weighted by molar-refractivity contribution is 0.0869. The normalized spacial score (nSPS) is 22.4. The van der Waals surface area contributed by atoms with Gasteiger partial charge in [0.15, 0.2) is 5.78 Å². The van der Waals surface area contributed by atoms with Crippen LogP contribution in [0.15, 0.2) is 36.5 Å². The van der Waals surface area contributed by atoms with Crippen LogP contribution in [0.1, 0.15) is 83.4 Å². The van der Waals surface area contributed by atoms with Gasteiger partial charge in [-0.3, -0.25) is 14.4 Å². The maximum absolute atomic E-state index is 13.2. The van der Waals surface area contributed by atoms with Gasteiger partial charge in [-0.25, -0.2) is 4.98 Å². The fraction of sp³-hybridized carbons (Fsp3) is 0.517. The number of anilines is 2. The molecule has 3 heterocycles. The van der Waals surface area contributed by atoms with Crippen LogP contribution in [0, 0.1) is 5.92 Å². The molecule has 9 heteroatoms. The number of carbonyl (C=O) groups excluding carboxylic acids is 3. The third-order valence-electron chi connectivity index (χ3n) is 7.73. The molecule has 2 saturated heterocycles. The molecule has 2 aliphatic heterocycles. The van der Waals surface area contributed by atoms with Gasteiger partial charge in [-0.05, 0) is 82.7 Å². The molecule has 5 rings (SSSR count). The van der Waals surface area contributed by atoms with Crippen LogP contribution in [0.4, 0.5) is 11.5 Å². The Kier molecular flexibility index (Phi) is 7.65. The summed E-state index contributed by atoms with van der Waals surface area (Å²) >= 11 is 0. The van der Waals surface area contributed by atoms with E-state index < -0.39 is 5.91 Å². The van der Waals surface area contributed by atoms with Crippen molar-refractivity contribution in [1.82, 2.24) is 10.3 Å². The number of nitrogens with zero attached hydrogens (tertiary/aromatic N) is 2. The zero-order chi connectivity index (χ0) is 26.8. The Balaban J connectivity index is 1.21. The molecule has 4 N–H and O–H groups in total. The zero-order valence-electron chi connectivity index (χ0n) is 22.1. The van der Waals surface area contributed by atoms with Crippen molar-refractivity contribution in [1.29, 1.82) is 0 Å². The van der Waals surface area contributed by atoms with E-state index >= 15 is 0 Å². The first kappa shape index (κ1) is 26.2. The number of nitrogens with one attached hydrogen (secondary N) is 2. The largest absolute Gasteiger partial charge is 0.382 e. The number of Topliss-reactive ketones (excluding diaryl/α,β-unsaturated/α-hetero) is 1. The smallest absolute Gasteiger partial charge is 0.251 e. The summed E-state index contributed by atoms with van der Waals surface area (Å²) in [6, 6.07) is 9.45. The lowest BCUT2D eigenvalue weighted by Gasteiger charge is -2.40. The van der Waals surface area contributed by atoms with Gasteiger partial charge in [0.25, 0.3) is 11.8 Å². The van der Waals surface area contributed by atoms with Crippen LogP contribution in [0.25, 0.3) is 0 Å². The Morgan fingerprint density at radius 3 is 2.37 bits per heavy atom. The van der Waals surface area contributed by atoms with Crippen molar-refractivity contribution in [3.05, 3.63) is 53.2 Å². The summed E-state index contributed by atoms with van der Waals surface area (Å²) in [4.78, 5) is 44.4. The third-order valence-corrected chi connectivity index (χ3v) is 7.73. The van der Waals surface area contributed by atoms with Crippen LogP contribution in [-0.4, -0.2) is 60.0 Å². The monoisotopic (exact) mass is 519 g/mol. The number of hydrogen-bond acceptors (Lipinski definition) is 7. The molecule has 2 bridgehead atoms. The molecule has 0 radical (unpaired) electrons. The third kappa shape index (κ3) is 5.83. The minimum atomic E-state index is -0.549. The highest BCUT2D eigenvalue weighted by atomic mass is 16.5. The summed E-state index contributed by atoms with van der Waals surface area (Å²) < 4.78 is 5.56. The SMILES string of the molecule is CC(C)OCCNc1cc(C(=O)N[C@H]2C[C@H]3CC[C@@H](C2)N3c2ccc(C(=O)C3CC3)cn2)ccc1C(N)=O. The van der Waals surface area contributed by atoms with Crippen molar-refractivity contribution in [3.8, 4) is 0 Å². The molecule has 2 amide bonds. The molecular formula is C29H37N5O4. The van der Waals surface area contributed by atoms with Crippen LogP contribution in [-0.2, 0) is 4.74 Å². The summed E-state index contributed by atoms with van der Waals surface area (Å²) in [5.74, 6) is 0.595. The first-order valence-electron chi connectivity index (χ1n) is 13.7. The molecule has 3 atom stereocenters. The topological polar surface area (TPSA) is 127 Å². The highest BCUT2D eigenvalue weighted by Crippen LogP contribution is 2.39. The number of fused-ring (bicyclic) bond motifs is 2. The number of primary amides is 1. The maximum atomic E-state index is 13.2. The predicted molar refractivity (Wildman–Crippen MR) is 146 cm³/mol. The van der Waals surface area contributed by atoms with E-state index in [0.29, 0.717) is 47.6 Å². The van der Waals surface area contributed by atoms with Crippen LogP contribution < -0.4 is 21.3 Å². The lowest BCUT2D eigenvalue weighted by Crippen LogP contribution is -2.50. The Morgan fingerprint density at radius 1 is 1.05 bits per heavy atom. The summed E-state index contributed by atoms with van der Waals surface area (Å²) in [6.07, 6.45) is 7.60. The van der Waals surface area contributed by atoms with Gasteiger partial charge < -0.3 is 26.0 Å². The molecule has 0 spiro atoms. The van der Waals surface area contributed by atoms with Crippen LogP contribution >= 0.6 is 0 Å². The van der Waals surface area contributed by atoms with Gasteiger partial charge >= 0.3 is 0 Å². The molecule has 1 aliphatic carbocycles. The number of benzene rings is 1. The molecule has 9 nitrogen and oxygen atoms in total. The molecule has 38 heavy (non-hydrogen) atoms. The summed E-state index contributed by atoms with van der Waals surface area (Å²) in [5.41, 5.74) is 7.60. The second-order valence-corrected chi connectivity index (χ2v) is 10.9. The van der Waals surface area contributed by atoms with Crippen molar-refractivity contribution < 1.29 is 19.1 Å². The summed E-state index contributed by atoms with van der Waals surface area (Å²) in [7, 11) is 0. The number of pyridine rings is 1. The molecule has 3 fully saturated rings. The Bertz CT molecular complexity index is 1180. The number of rotatable bonds is 11. The minimum Gasteiger partial charge on any atom is -0.382 e. The van der Waals surface area contributed by atoms with E-state index in [2.05, 4.69) is 20.5 Å². The highest BCUT2D eigenvalue weighted by Gasteiger charge is 2.42. The van der Waals surface area contributed by atoms with E-state index in [1.165, 1.54) is 0 Å². The molecule has 2 aromatic rings. The first-order chi connectivity index (χ1) is 18.3. The highest BCUT2D eigenvalue weighted by molar-refractivity contribution is 6.02. The molecule has 1 saturated carbocycles. The van der Waals surface area contributed by atoms with Gasteiger partial charge in [0.05, 0.1) is 18.3 Å². The molecular weight excluding hydrogens is 482 g/mol. The van der Waals surface area contributed by atoms with Crippen LogP contribution in [0.5, 0.6) is 0 Å². The van der Waals surface area contributed by atoms with Crippen molar-refractivity contribution in [2.75, 3.05) is 23.4 Å². The summed E-state index contributed by atoms with van der Waals surface area (Å²) in [6.45, 7) is 4.89. The molecule has 1 aromatic carbocycles. The summed E-state index contributed by atoms with van der Waals surface area (Å²) in [5, 5.41) is 6.39. The number of piperidine rings is 1. The van der Waals surface area contributed by atoms with Gasteiger partial charge in [0.2, 0.25) is 0 Å². The van der Waals surface area contributed by atoms with E-state index in [0.717, 1.165) is 44.3 Å². The van der Waals surface area contributed by atoms with Crippen molar-refractivity contribution in [2.24, 2.45) is 11.7 Å². The number of hydrogen-bond donors (Lipinski definition) is 3. The number of amides is 2. The Hall–Kier alpha value is -3.46. The molecule has 3 aliphatic rings. The number of aromatic nitrogens is 1. The van der Waals surface area contributed by atoms with Gasteiger partial charge in [-0.1, -0.05) is 0 Å². The second-order valence-electron chi connectivity index (χ2n) is 10.9. The number of ether oxygens (including phenoxy) is 1. The Morgan fingerprint density at radius 2 is 1.76 bits per heavy atom. The standard InChI is InChI=1S/C29H37N5O4/c1-17(2)38-12-11-31-25-13-19(5-9-24(25)28(30)36)29(37)33-21-14-22-7-8-23(15-21)34(22)26-10-6-20(16-32-26)27(35)18-3-4-18/h5-6,9-10,13,16-18,21-23,31H,3-4,7-8,11-12,14-15H2,1-2H3,(H2,30,36)(H,33,37)/t21-,22+,23-. The maximum Gasteiger partial charge on any atom is 0.251 e. The quantitative estimate of drug-likeness (QED) is 0.306. The van der Waals surface area contributed by atoms with Gasteiger partial charge in [-0.2, -0.15) is 0 Å². The van der Waals surface area contributed by atoms with Crippen molar-refractivity contribution >= 4 is 29.1 Å². The van der Waals surface area contributed by atoms with Crippen LogP contribution in [0.2, 0.25) is 0 Å². The fourth-order valence-electron chi connectivity index (χ4n) is 5.73. The van der Waals surface area contributed by atoms with Gasteiger partial charge in [0, 0.05) is 53.6 Å². The van der Waals surface area contributed by atoms with Gasteiger partial charge in [-0.15, -0.1) is 0 Å². The van der Waals surface area contributed by atoms with Gasteiger partial charge in [0.1, 0.15) is 5.82 Å². The number of nitrogens with two attached hydrogens (primary N) is 1. The predicted octanol–water partition coefficient (Wildman–Crippen LogP) is 3.54. The number of carbonyl (C=O) groups is 3. The van der Waals surface area contributed by atoms with Crippen LogP contribution in [0.3, 0.4) is 0 Å². The van der Waals surface area contributed by atoms with Crippen molar-refractivity contribution in [3.63, 3.8) is 0 Å². The zero-order valence-corrected chi connectivity index (χ0v) is 22.1. The fourth-order valence-corrected chi connectivity index (χ4v) is 5.73. The molecule has 1 aromatic heterocycles. The van der Waals surface area contributed by atoms with E-state index in [-0.39, 0.29) is 29.8 Å². The average Bonchev–Trinajstić information content (AvgIpc) is 3.71. The minimum absolute atomic E-state index is 0.0543. The average molecular weight is 520 g/mol. The van der Waals surface area contributed by atoms with Crippen molar-refractivity contribution in [2.45, 2.75) is 76.6 Å². The second kappa shape index (κ2) is 11.1.